The summed E-state index contributed by atoms with van der Waals surface area (Å²) in [6.07, 6.45) is 2.64. The second-order valence-electron chi connectivity index (χ2n) is 4.97. The fraction of sp³-hybridized carbons (Fsp3) is 0.267. The van der Waals surface area contributed by atoms with E-state index in [1.807, 2.05) is 24.3 Å². The number of nitrogens with two attached hydrogens (primary N) is 1. The lowest BCUT2D eigenvalue weighted by Gasteiger charge is -2.29. The zero-order chi connectivity index (χ0) is 15.5. The molecule has 7 nitrogen and oxygen atoms in total. The molecule has 7 heteroatoms. The lowest BCUT2D eigenvalue weighted by Crippen LogP contribution is -2.42. The number of likely N-dealkylation sites (N-methyl/N-ethyl adjacent to an activating group) is 1. The van der Waals surface area contributed by atoms with Crippen LogP contribution >= 0.6 is 0 Å². The first kappa shape index (κ1) is 14.1. The number of nitrogens with zero attached hydrogens (tertiary/aromatic N) is 3. The monoisotopic (exact) mass is 300 g/mol. The fourth-order valence-corrected chi connectivity index (χ4v) is 2.24. The number of aromatic nitrogens is 2. The standard InChI is InChI=1S/C15H16N4O3/c1-19(15(20)13-14(16)18-7-6-17-13)8-10-9-21-11-4-2-3-5-12(11)22-10/h2-7,10H,8-9H2,1H3,(H2,16,18)/t10-/m0/s1. The normalized spacial score (nSPS) is 16.1. The first-order valence-corrected chi connectivity index (χ1v) is 6.85. The van der Waals surface area contributed by atoms with E-state index >= 15 is 0 Å². The van der Waals surface area contributed by atoms with Gasteiger partial charge in [-0.1, -0.05) is 12.1 Å². The van der Waals surface area contributed by atoms with E-state index in [2.05, 4.69) is 9.97 Å². The molecule has 1 aromatic carbocycles. The van der Waals surface area contributed by atoms with Gasteiger partial charge in [-0.25, -0.2) is 9.97 Å². The van der Waals surface area contributed by atoms with E-state index in [1.54, 1.807) is 7.05 Å². The largest absolute Gasteiger partial charge is 0.486 e. The molecule has 0 bridgehead atoms. The molecule has 1 aliphatic rings. The Morgan fingerprint density at radius 1 is 1.32 bits per heavy atom. The molecule has 1 aromatic heterocycles. The number of carbonyl (C=O) groups is 1. The van der Waals surface area contributed by atoms with E-state index in [4.69, 9.17) is 15.2 Å². The maximum absolute atomic E-state index is 12.3. The van der Waals surface area contributed by atoms with Gasteiger partial charge in [-0.05, 0) is 12.1 Å². The topological polar surface area (TPSA) is 90.6 Å². The van der Waals surface area contributed by atoms with Gasteiger partial charge in [0.2, 0.25) is 0 Å². The zero-order valence-electron chi connectivity index (χ0n) is 12.1. The molecule has 1 atom stereocenters. The van der Waals surface area contributed by atoms with E-state index in [0.717, 1.165) is 0 Å². The quantitative estimate of drug-likeness (QED) is 0.908. The summed E-state index contributed by atoms with van der Waals surface area (Å²) in [6, 6.07) is 7.44. The van der Waals surface area contributed by atoms with Gasteiger partial charge in [0.05, 0.1) is 6.54 Å². The molecule has 0 radical (unpaired) electrons. The minimum Gasteiger partial charge on any atom is -0.486 e. The molecule has 0 saturated carbocycles. The van der Waals surface area contributed by atoms with Crippen LogP contribution in [0.1, 0.15) is 10.5 Å². The van der Waals surface area contributed by atoms with Crippen LogP contribution in [0.15, 0.2) is 36.7 Å². The maximum Gasteiger partial charge on any atom is 0.276 e. The molecule has 1 aliphatic heterocycles. The fourth-order valence-electron chi connectivity index (χ4n) is 2.24. The van der Waals surface area contributed by atoms with Crippen LogP contribution < -0.4 is 15.2 Å². The molecule has 22 heavy (non-hydrogen) atoms. The minimum absolute atomic E-state index is 0.116. The molecule has 2 heterocycles. The van der Waals surface area contributed by atoms with Crippen molar-refractivity contribution in [2.45, 2.75) is 6.10 Å². The molecule has 2 N–H and O–H groups in total. The predicted octanol–water partition coefficient (Wildman–Crippen LogP) is 0.971. The number of nitrogen functional groups attached to an aromatic ring is 1. The van der Waals surface area contributed by atoms with Crippen molar-refractivity contribution in [1.82, 2.24) is 14.9 Å². The molecule has 3 rings (SSSR count). The summed E-state index contributed by atoms with van der Waals surface area (Å²) in [5.74, 6) is 1.21. The summed E-state index contributed by atoms with van der Waals surface area (Å²) in [7, 11) is 1.67. The average molecular weight is 300 g/mol. The number of hydrogen-bond donors (Lipinski definition) is 1. The van der Waals surface area contributed by atoms with Crippen LogP contribution in [-0.2, 0) is 0 Å². The third-order valence-corrected chi connectivity index (χ3v) is 3.32. The number of carbonyl (C=O) groups excluding carboxylic acids is 1. The Morgan fingerprint density at radius 2 is 2.05 bits per heavy atom. The Morgan fingerprint density at radius 3 is 2.82 bits per heavy atom. The van der Waals surface area contributed by atoms with Crippen LogP contribution in [0.25, 0.3) is 0 Å². The third kappa shape index (κ3) is 2.78. The Labute approximate surface area is 127 Å². The minimum atomic E-state index is -0.298. The molecular formula is C15H16N4O3. The van der Waals surface area contributed by atoms with Gasteiger partial charge in [-0.15, -0.1) is 0 Å². The average Bonchev–Trinajstić information content (AvgIpc) is 2.54. The third-order valence-electron chi connectivity index (χ3n) is 3.32. The van der Waals surface area contributed by atoms with E-state index in [0.29, 0.717) is 24.7 Å². The molecular weight excluding hydrogens is 284 g/mol. The summed E-state index contributed by atoms with van der Waals surface area (Å²) in [5, 5.41) is 0. The lowest BCUT2D eigenvalue weighted by molar-refractivity contribution is 0.0518. The van der Waals surface area contributed by atoms with Gasteiger partial charge in [0.1, 0.15) is 6.61 Å². The molecule has 2 aromatic rings. The van der Waals surface area contributed by atoms with Crippen LogP contribution in [0.3, 0.4) is 0 Å². The molecule has 0 spiro atoms. The van der Waals surface area contributed by atoms with Crippen LogP contribution in [0.4, 0.5) is 5.82 Å². The molecule has 0 unspecified atom stereocenters. The van der Waals surface area contributed by atoms with Crippen molar-refractivity contribution in [2.75, 3.05) is 25.9 Å². The van der Waals surface area contributed by atoms with Crippen LogP contribution in [0.2, 0.25) is 0 Å². The number of para-hydroxylation sites is 2. The van der Waals surface area contributed by atoms with E-state index in [9.17, 15) is 4.79 Å². The molecule has 0 aliphatic carbocycles. The van der Waals surface area contributed by atoms with Crippen molar-refractivity contribution in [1.29, 1.82) is 0 Å². The number of hydrogen-bond acceptors (Lipinski definition) is 6. The highest BCUT2D eigenvalue weighted by Crippen LogP contribution is 2.31. The molecule has 114 valence electrons. The van der Waals surface area contributed by atoms with Gasteiger partial charge in [-0.3, -0.25) is 4.79 Å². The van der Waals surface area contributed by atoms with Crippen LogP contribution in [0, 0.1) is 0 Å². The summed E-state index contributed by atoms with van der Waals surface area (Å²) in [5.41, 5.74) is 5.82. The molecule has 1 amide bonds. The molecule has 0 saturated heterocycles. The smallest absolute Gasteiger partial charge is 0.276 e. The second kappa shape index (κ2) is 5.88. The van der Waals surface area contributed by atoms with Gasteiger partial charge in [-0.2, -0.15) is 0 Å². The zero-order valence-corrected chi connectivity index (χ0v) is 12.1. The maximum atomic E-state index is 12.3. The van der Waals surface area contributed by atoms with Crippen molar-refractivity contribution >= 4 is 11.7 Å². The lowest BCUT2D eigenvalue weighted by atomic mass is 10.2. The Kier molecular flexibility index (Phi) is 3.78. The van der Waals surface area contributed by atoms with Gasteiger partial charge in [0.15, 0.2) is 29.1 Å². The number of benzene rings is 1. The van der Waals surface area contributed by atoms with Gasteiger partial charge in [0, 0.05) is 19.4 Å². The summed E-state index contributed by atoms with van der Waals surface area (Å²) in [4.78, 5) is 21.7. The van der Waals surface area contributed by atoms with Crippen molar-refractivity contribution in [3.05, 3.63) is 42.4 Å². The first-order valence-electron chi connectivity index (χ1n) is 6.85. The SMILES string of the molecule is CN(C[C@H]1COc2ccccc2O1)C(=O)c1nccnc1N. The second-order valence-corrected chi connectivity index (χ2v) is 4.97. The van der Waals surface area contributed by atoms with Gasteiger partial charge in [0.25, 0.3) is 5.91 Å². The van der Waals surface area contributed by atoms with Gasteiger partial charge < -0.3 is 20.1 Å². The van der Waals surface area contributed by atoms with Crippen molar-refractivity contribution in [2.24, 2.45) is 0 Å². The highest BCUT2D eigenvalue weighted by molar-refractivity contribution is 5.96. The Balaban J connectivity index is 1.67. The summed E-state index contributed by atoms with van der Waals surface area (Å²) >= 11 is 0. The number of fused-ring (bicyclic) bond motifs is 1. The van der Waals surface area contributed by atoms with Crippen molar-refractivity contribution in [3.8, 4) is 11.5 Å². The number of rotatable bonds is 3. The van der Waals surface area contributed by atoms with Crippen molar-refractivity contribution < 1.29 is 14.3 Å². The highest BCUT2D eigenvalue weighted by atomic mass is 16.6. The summed E-state index contributed by atoms with van der Waals surface area (Å²) < 4.78 is 11.5. The predicted molar refractivity (Wildman–Crippen MR) is 79.8 cm³/mol. The van der Waals surface area contributed by atoms with Crippen LogP contribution in [-0.4, -0.2) is 47.1 Å². The first-order chi connectivity index (χ1) is 10.6. The number of ether oxygens (including phenoxy) is 2. The highest BCUT2D eigenvalue weighted by Gasteiger charge is 2.25. The Hall–Kier alpha value is -2.83. The molecule has 0 fully saturated rings. The van der Waals surface area contributed by atoms with Gasteiger partial charge >= 0.3 is 0 Å². The van der Waals surface area contributed by atoms with E-state index in [-0.39, 0.29) is 23.5 Å². The number of anilines is 1. The Bertz CT molecular complexity index is 692. The van der Waals surface area contributed by atoms with Crippen molar-refractivity contribution in [3.63, 3.8) is 0 Å². The van der Waals surface area contributed by atoms with Crippen LogP contribution in [0.5, 0.6) is 11.5 Å². The summed E-state index contributed by atoms with van der Waals surface area (Å²) in [6.45, 7) is 0.744. The number of amides is 1. The van der Waals surface area contributed by atoms with E-state index < -0.39 is 0 Å². The van der Waals surface area contributed by atoms with E-state index in [1.165, 1.54) is 17.3 Å².